The normalized spacial score (nSPS) is 20.7. The van der Waals surface area contributed by atoms with Crippen LogP contribution in [0.15, 0.2) is 18.2 Å². The highest BCUT2D eigenvalue weighted by Gasteiger charge is 2.35. The lowest BCUT2D eigenvalue weighted by atomic mass is 9.90. The first kappa shape index (κ1) is 17.0. The van der Waals surface area contributed by atoms with Crippen molar-refractivity contribution in [1.82, 2.24) is 4.90 Å². The molecule has 1 saturated heterocycles. The minimum absolute atomic E-state index is 0.00894. The summed E-state index contributed by atoms with van der Waals surface area (Å²) in [4.78, 5) is 14.4. The second-order valence-electron chi connectivity index (χ2n) is 6.30. The second kappa shape index (κ2) is 6.41. The Balaban J connectivity index is 2.37. The molecule has 1 fully saturated rings. The first-order chi connectivity index (χ1) is 10.2. The van der Waals surface area contributed by atoms with Crippen molar-refractivity contribution in [3.8, 4) is 0 Å². The Bertz CT molecular complexity index is 666. The predicted molar refractivity (Wildman–Crippen MR) is 88.5 cm³/mol. The van der Waals surface area contributed by atoms with Gasteiger partial charge in [0, 0.05) is 12.8 Å². The third-order valence-electron chi connectivity index (χ3n) is 4.78. The van der Waals surface area contributed by atoms with Crippen LogP contribution in [-0.4, -0.2) is 37.3 Å². The van der Waals surface area contributed by atoms with Gasteiger partial charge in [-0.1, -0.05) is 18.2 Å². The van der Waals surface area contributed by atoms with E-state index in [1.807, 2.05) is 6.07 Å². The van der Waals surface area contributed by atoms with Crippen molar-refractivity contribution in [2.24, 2.45) is 0 Å². The van der Waals surface area contributed by atoms with Gasteiger partial charge in [0.15, 0.2) is 9.84 Å². The lowest BCUT2D eigenvalue weighted by molar-refractivity contribution is -0.134. The minimum Gasteiger partial charge on any atom is -0.335 e. The number of sulfone groups is 1. The molecular weight excluding hydrogens is 298 g/mol. The number of hydrogen-bond acceptors (Lipinski definition) is 3. The number of aryl methyl sites for hydroxylation is 1. The van der Waals surface area contributed by atoms with Crippen LogP contribution in [0.25, 0.3) is 0 Å². The zero-order valence-electron chi connectivity index (χ0n) is 13.8. The Hall–Kier alpha value is -1.36. The lowest BCUT2D eigenvalue weighted by Gasteiger charge is -2.38. The van der Waals surface area contributed by atoms with Gasteiger partial charge >= 0.3 is 0 Å². The monoisotopic (exact) mass is 323 g/mol. The van der Waals surface area contributed by atoms with E-state index < -0.39 is 15.1 Å². The Morgan fingerprint density at radius 2 is 1.95 bits per heavy atom. The van der Waals surface area contributed by atoms with Crippen LogP contribution in [0.2, 0.25) is 0 Å². The average molecular weight is 323 g/mol. The van der Waals surface area contributed by atoms with E-state index in [1.165, 1.54) is 18.1 Å². The quantitative estimate of drug-likeness (QED) is 0.859. The van der Waals surface area contributed by atoms with E-state index in [1.54, 1.807) is 4.90 Å². The van der Waals surface area contributed by atoms with Gasteiger partial charge in [-0.3, -0.25) is 4.79 Å². The zero-order valence-corrected chi connectivity index (χ0v) is 14.6. The number of hydrogen-bond donors (Lipinski definition) is 0. The second-order valence-corrected chi connectivity index (χ2v) is 8.67. The van der Waals surface area contributed by atoms with Crippen molar-refractivity contribution in [3.63, 3.8) is 0 Å². The van der Waals surface area contributed by atoms with Crippen molar-refractivity contribution < 1.29 is 13.2 Å². The van der Waals surface area contributed by atoms with E-state index in [9.17, 15) is 13.2 Å². The van der Waals surface area contributed by atoms with E-state index >= 15 is 0 Å². The molecule has 1 aromatic carbocycles. The Morgan fingerprint density at radius 3 is 2.59 bits per heavy atom. The van der Waals surface area contributed by atoms with Crippen molar-refractivity contribution in [2.75, 3.05) is 12.8 Å². The maximum atomic E-state index is 12.7. The molecule has 0 unspecified atom stereocenters. The summed E-state index contributed by atoms with van der Waals surface area (Å²) in [5.41, 5.74) is 3.54. The predicted octanol–water partition coefficient (Wildman–Crippen LogP) is 2.79. The molecule has 1 amide bonds. The van der Waals surface area contributed by atoms with E-state index in [0.717, 1.165) is 31.1 Å². The summed E-state index contributed by atoms with van der Waals surface area (Å²) in [5, 5.41) is -0.974. The van der Waals surface area contributed by atoms with Crippen molar-refractivity contribution in [2.45, 2.75) is 51.3 Å². The molecule has 0 spiro atoms. The third kappa shape index (κ3) is 3.35. The number of nitrogens with zero attached hydrogens (tertiary/aromatic N) is 1. The van der Waals surface area contributed by atoms with Gasteiger partial charge < -0.3 is 4.90 Å². The highest BCUT2D eigenvalue weighted by atomic mass is 32.2. The van der Waals surface area contributed by atoms with Crippen LogP contribution in [0, 0.1) is 13.8 Å². The molecule has 2 rings (SSSR count). The zero-order chi connectivity index (χ0) is 16.5. The van der Waals surface area contributed by atoms with E-state index in [2.05, 4.69) is 26.0 Å². The topological polar surface area (TPSA) is 54.5 Å². The summed E-state index contributed by atoms with van der Waals surface area (Å²) in [6.45, 7) is 6.26. The van der Waals surface area contributed by atoms with E-state index in [4.69, 9.17) is 0 Å². The number of rotatable bonds is 3. The van der Waals surface area contributed by atoms with Gasteiger partial charge in [0.1, 0.15) is 5.25 Å². The first-order valence-corrected chi connectivity index (χ1v) is 9.74. The molecule has 0 saturated carbocycles. The van der Waals surface area contributed by atoms with Gasteiger partial charge in [0.05, 0.1) is 6.04 Å². The molecule has 1 aliphatic rings. The van der Waals surface area contributed by atoms with Gasteiger partial charge in [-0.05, 0) is 56.7 Å². The summed E-state index contributed by atoms with van der Waals surface area (Å²) < 4.78 is 23.5. The average Bonchev–Trinajstić information content (AvgIpc) is 2.47. The van der Waals surface area contributed by atoms with E-state index in [0.29, 0.717) is 6.54 Å². The molecule has 1 aliphatic heterocycles. The third-order valence-corrected chi connectivity index (χ3v) is 6.27. The Morgan fingerprint density at radius 1 is 1.27 bits per heavy atom. The summed E-state index contributed by atoms with van der Waals surface area (Å²) in [5.74, 6) is -0.270. The number of benzene rings is 1. The highest BCUT2D eigenvalue weighted by Crippen LogP contribution is 2.34. The standard InChI is InChI=1S/C17H25NO3S/c1-12-8-7-9-15(13(12)2)16-10-5-6-11-18(16)17(19)14(3)22(4,20)21/h7-9,14,16H,5-6,10-11H2,1-4H3/t14-,16+/m1/s1. The Kier molecular flexibility index (Phi) is 4.95. The van der Waals surface area contributed by atoms with Crippen LogP contribution < -0.4 is 0 Å². The number of piperidine rings is 1. The number of carbonyl (C=O) groups is 1. The molecule has 4 nitrogen and oxygen atoms in total. The van der Waals surface area contributed by atoms with Crippen LogP contribution in [0.1, 0.15) is 48.9 Å². The number of amides is 1. The largest absolute Gasteiger partial charge is 0.335 e. The SMILES string of the molecule is Cc1cccc([C@@H]2CCCCN2C(=O)[C@@H](C)S(C)(=O)=O)c1C. The molecule has 22 heavy (non-hydrogen) atoms. The molecule has 1 heterocycles. The molecule has 1 aromatic rings. The maximum absolute atomic E-state index is 12.7. The summed E-state index contributed by atoms with van der Waals surface area (Å²) in [6, 6.07) is 6.12. The molecule has 0 aliphatic carbocycles. The van der Waals surface area contributed by atoms with Gasteiger partial charge in [0.25, 0.3) is 0 Å². The molecule has 0 N–H and O–H groups in total. The smallest absolute Gasteiger partial charge is 0.241 e. The summed E-state index contributed by atoms with van der Waals surface area (Å²) in [7, 11) is -3.37. The number of carbonyl (C=O) groups excluding carboxylic acids is 1. The fourth-order valence-electron chi connectivity index (χ4n) is 3.07. The van der Waals surface area contributed by atoms with Gasteiger partial charge in [-0.25, -0.2) is 8.42 Å². The molecule has 5 heteroatoms. The van der Waals surface area contributed by atoms with Gasteiger partial charge in [-0.15, -0.1) is 0 Å². The highest BCUT2D eigenvalue weighted by molar-refractivity contribution is 7.92. The van der Waals surface area contributed by atoms with Crippen molar-refractivity contribution in [1.29, 1.82) is 0 Å². The molecule has 122 valence electrons. The van der Waals surface area contributed by atoms with Crippen molar-refractivity contribution in [3.05, 3.63) is 34.9 Å². The Labute approximate surface area is 133 Å². The van der Waals surface area contributed by atoms with Crippen LogP contribution in [-0.2, 0) is 14.6 Å². The molecule has 0 bridgehead atoms. The van der Waals surface area contributed by atoms with Gasteiger partial charge in [-0.2, -0.15) is 0 Å². The van der Waals surface area contributed by atoms with Crippen molar-refractivity contribution >= 4 is 15.7 Å². The van der Waals surface area contributed by atoms with Crippen LogP contribution in [0.4, 0.5) is 0 Å². The lowest BCUT2D eigenvalue weighted by Crippen LogP contribution is -2.45. The van der Waals surface area contributed by atoms with Crippen LogP contribution in [0.3, 0.4) is 0 Å². The van der Waals surface area contributed by atoms with Crippen LogP contribution in [0.5, 0.6) is 0 Å². The fourth-order valence-corrected chi connectivity index (χ4v) is 3.57. The molecular formula is C17H25NO3S. The maximum Gasteiger partial charge on any atom is 0.241 e. The minimum atomic E-state index is -3.37. The molecule has 2 atom stereocenters. The molecule has 0 radical (unpaired) electrons. The fraction of sp³-hybridized carbons (Fsp3) is 0.588. The van der Waals surface area contributed by atoms with E-state index in [-0.39, 0.29) is 11.9 Å². The summed E-state index contributed by atoms with van der Waals surface area (Å²) in [6.07, 6.45) is 4.03. The molecule has 0 aromatic heterocycles. The van der Waals surface area contributed by atoms with Gasteiger partial charge in [0.2, 0.25) is 5.91 Å². The first-order valence-electron chi connectivity index (χ1n) is 7.79. The summed E-state index contributed by atoms with van der Waals surface area (Å²) >= 11 is 0. The van der Waals surface area contributed by atoms with Crippen LogP contribution >= 0.6 is 0 Å². The number of likely N-dealkylation sites (tertiary alicyclic amines) is 1.